The van der Waals surface area contributed by atoms with Crippen LogP contribution in [0, 0.1) is 0 Å². The molecule has 1 N–H and O–H groups in total. The van der Waals surface area contributed by atoms with E-state index in [0.717, 1.165) is 41.6 Å². The van der Waals surface area contributed by atoms with Crippen LogP contribution in [0.25, 0.3) is 22.0 Å². The Morgan fingerprint density at radius 1 is 1.17 bits per heavy atom. The molecule has 0 fully saturated rings. The zero-order valence-corrected chi connectivity index (χ0v) is 19.8. The van der Waals surface area contributed by atoms with Crippen molar-refractivity contribution in [3.63, 3.8) is 0 Å². The number of para-hydroxylation sites is 1. The molecular formula is C26H28FN5O3. The number of aromatic nitrogens is 4. The second kappa shape index (κ2) is 9.87. The molecule has 1 aliphatic rings. The number of fused-ring (bicyclic) bond motifs is 3. The van der Waals surface area contributed by atoms with Gasteiger partial charge in [0.1, 0.15) is 5.75 Å². The summed E-state index contributed by atoms with van der Waals surface area (Å²) in [4.78, 5) is 22.0. The van der Waals surface area contributed by atoms with Crippen LogP contribution in [0.3, 0.4) is 0 Å². The number of nitrogens with zero attached hydrogens (tertiary/aromatic N) is 4. The number of hydrogen-bond acceptors (Lipinski definition) is 6. The molecule has 9 heteroatoms. The van der Waals surface area contributed by atoms with Gasteiger partial charge in [-0.2, -0.15) is 0 Å². The quantitative estimate of drug-likeness (QED) is 0.360. The van der Waals surface area contributed by atoms with Gasteiger partial charge in [0.25, 0.3) is 5.56 Å². The summed E-state index contributed by atoms with van der Waals surface area (Å²) in [6.45, 7) is 3.35. The molecule has 0 aliphatic carbocycles. The number of methoxy groups -OCH3 is 1. The smallest absolute Gasteiger partial charge is 0.274 e. The van der Waals surface area contributed by atoms with Crippen LogP contribution in [0.4, 0.5) is 10.3 Å². The van der Waals surface area contributed by atoms with Crippen LogP contribution in [0.15, 0.2) is 59.7 Å². The van der Waals surface area contributed by atoms with Crippen molar-refractivity contribution < 1.29 is 13.9 Å². The SMILES string of the molecule is COCCCNc1ncc(-c2ccc3c(=O)n4n(c3c2)[C@@H](c2ccccc2OC(C)F)CC4)cn1. The number of hydrogen-bond donors (Lipinski definition) is 1. The van der Waals surface area contributed by atoms with Gasteiger partial charge < -0.3 is 14.8 Å². The van der Waals surface area contributed by atoms with Crippen LogP contribution < -0.4 is 15.6 Å². The Labute approximate surface area is 202 Å². The molecule has 2 aromatic heterocycles. The third-order valence-corrected chi connectivity index (χ3v) is 6.24. The Balaban J connectivity index is 1.49. The molecule has 0 amide bonds. The Kier molecular flexibility index (Phi) is 6.50. The van der Waals surface area contributed by atoms with E-state index < -0.39 is 6.36 Å². The molecular weight excluding hydrogens is 449 g/mol. The molecule has 4 aromatic rings. The van der Waals surface area contributed by atoms with Crippen LogP contribution >= 0.6 is 0 Å². The van der Waals surface area contributed by atoms with Gasteiger partial charge in [-0.1, -0.05) is 24.3 Å². The summed E-state index contributed by atoms with van der Waals surface area (Å²) in [5.74, 6) is 1.05. The highest BCUT2D eigenvalue weighted by molar-refractivity contribution is 5.84. The maximum Gasteiger partial charge on any atom is 0.274 e. The number of ether oxygens (including phenoxy) is 2. The van der Waals surface area contributed by atoms with Crippen molar-refractivity contribution in [2.75, 3.05) is 25.6 Å². The fraction of sp³-hybridized carbons (Fsp3) is 0.346. The van der Waals surface area contributed by atoms with Crippen LogP contribution in [0.5, 0.6) is 5.75 Å². The van der Waals surface area contributed by atoms with Crippen molar-refractivity contribution in [1.82, 2.24) is 19.3 Å². The average molecular weight is 478 g/mol. The molecule has 1 aliphatic heterocycles. The number of nitrogens with one attached hydrogen (secondary N) is 1. The van der Waals surface area contributed by atoms with Crippen molar-refractivity contribution in [2.45, 2.75) is 38.7 Å². The van der Waals surface area contributed by atoms with E-state index in [2.05, 4.69) is 15.3 Å². The summed E-state index contributed by atoms with van der Waals surface area (Å²) >= 11 is 0. The van der Waals surface area contributed by atoms with E-state index in [1.165, 1.54) is 6.92 Å². The summed E-state index contributed by atoms with van der Waals surface area (Å²) < 4.78 is 27.9. The van der Waals surface area contributed by atoms with Crippen LogP contribution in [0.2, 0.25) is 0 Å². The number of benzene rings is 2. The minimum atomic E-state index is -1.43. The van der Waals surface area contributed by atoms with Crippen molar-refractivity contribution >= 4 is 16.9 Å². The van der Waals surface area contributed by atoms with Gasteiger partial charge in [0.2, 0.25) is 12.3 Å². The first kappa shape index (κ1) is 23.0. The van der Waals surface area contributed by atoms with Crippen molar-refractivity contribution in [1.29, 1.82) is 0 Å². The molecule has 182 valence electrons. The normalized spacial score (nSPS) is 15.8. The highest BCUT2D eigenvalue weighted by atomic mass is 19.1. The maximum atomic E-state index is 13.7. The highest BCUT2D eigenvalue weighted by Crippen LogP contribution is 2.37. The lowest BCUT2D eigenvalue weighted by Gasteiger charge is -2.19. The lowest BCUT2D eigenvalue weighted by Crippen LogP contribution is -2.18. The summed E-state index contributed by atoms with van der Waals surface area (Å²) in [5.41, 5.74) is 3.42. The standard InChI is InChI=1S/C26H28FN5O3/c1-17(27)35-24-7-4-3-6-20(24)22-10-12-31-25(33)21-9-8-18(14-23(21)32(22)31)19-15-29-26(30-16-19)28-11-5-13-34-2/h3-4,6-9,14-17,22H,5,10-13H2,1-2H3,(H,28,29,30)/t17?,22-/m1/s1. The van der Waals surface area contributed by atoms with E-state index in [4.69, 9.17) is 9.47 Å². The highest BCUT2D eigenvalue weighted by Gasteiger charge is 2.30. The fourth-order valence-electron chi connectivity index (χ4n) is 4.67. The maximum absolute atomic E-state index is 13.7. The molecule has 2 aromatic carbocycles. The first-order chi connectivity index (χ1) is 17.1. The van der Waals surface area contributed by atoms with Gasteiger partial charge in [0.15, 0.2) is 0 Å². The van der Waals surface area contributed by atoms with Gasteiger partial charge >= 0.3 is 0 Å². The van der Waals surface area contributed by atoms with E-state index in [1.807, 2.05) is 41.1 Å². The molecule has 0 spiro atoms. The topological polar surface area (TPSA) is 83.2 Å². The third-order valence-electron chi connectivity index (χ3n) is 6.24. The zero-order chi connectivity index (χ0) is 24.4. The Morgan fingerprint density at radius 3 is 2.74 bits per heavy atom. The summed E-state index contributed by atoms with van der Waals surface area (Å²) in [7, 11) is 1.68. The van der Waals surface area contributed by atoms with Crippen molar-refractivity contribution in [3.05, 3.63) is 70.8 Å². The minimum absolute atomic E-state index is 0.0295. The van der Waals surface area contributed by atoms with Crippen LogP contribution in [-0.2, 0) is 11.3 Å². The van der Waals surface area contributed by atoms with Crippen LogP contribution in [-0.4, -0.2) is 46.0 Å². The largest absolute Gasteiger partial charge is 0.460 e. The molecule has 3 heterocycles. The first-order valence-corrected chi connectivity index (χ1v) is 11.8. The number of anilines is 1. The van der Waals surface area contributed by atoms with Crippen molar-refractivity contribution in [2.24, 2.45) is 0 Å². The van der Waals surface area contributed by atoms with Gasteiger partial charge in [-0.05, 0) is 36.6 Å². The average Bonchev–Trinajstić information content (AvgIpc) is 3.42. The lowest BCUT2D eigenvalue weighted by atomic mass is 10.0. The first-order valence-electron chi connectivity index (χ1n) is 11.8. The molecule has 0 saturated heterocycles. The Hall–Kier alpha value is -3.72. The molecule has 5 rings (SSSR count). The van der Waals surface area contributed by atoms with Crippen molar-refractivity contribution in [3.8, 4) is 16.9 Å². The monoisotopic (exact) mass is 477 g/mol. The van der Waals surface area contributed by atoms with Gasteiger partial charge in [0.05, 0.1) is 16.9 Å². The van der Waals surface area contributed by atoms with Gasteiger partial charge in [0, 0.05) is 57.3 Å². The number of halogens is 1. The second-order valence-corrected chi connectivity index (χ2v) is 8.58. The van der Waals surface area contributed by atoms with Gasteiger partial charge in [-0.15, -0.1) is 0 Å². The van der Waals surface area contributed by atoms with E-state index in [0.29, 0.717) is 30.2 Å². The van der Waals surface area contributed by atoms with Crippen LogP contribution in [0.1, 0.15) is 31.4 Å². The van der Waals surface area contributed by atoms with E-state index in [9.17, 15) is 9.18 Å². The number of rotatable bonds is 9. The third kappa shape index (κ3) is 4.51. The summed E-state index contributed by atoms with van der Waals surface area (Å²) in [5, 5.41) is 3.82. The molecule has 0 radical (unpaired) electrons. The zero-order valence-electron chi connectivity index (χ0n) is 19.8. The fourth-order valence-corrected chi connectivity index (χ4v) is 4.67. The van der Waals surface area contributed by atoms with E-state index in [1.54, 1.807) is 30.3 Å². The van der Waals surface area contributed by atoms with E-state index in [-0.39, 0.29) is 11.6 Å². The Morgan fingerprint density at radius 2 is 1.97 bits per heavy atom. The molecule has 35 heavy (non-hydrogen) atoms. The summed E-state index contributed by atoms with van der Waals surface area (Å²) in [6.07, 6.45) is 3.71. The lowest BCUT2D eigenvalue weighted by molar-refractivity contribution is 0.0843. The molecule has 1 unspecified atom stereocenters. The van der Waals surface area contributed by atoms with E-state index >= 15 is 0 Å². The van der Waals surface area contributed by atoms with Gasteiger partial charge in [-0.3, -0.25) is 9.48 Å². The molecule has 2 atom stereocenters. The molecule has 0 saturated carbocycles. The van der Waals surface area contributed by atoms with Gasteiger partial charge in [-0.25, -0.2) is 19.0 Å². The number of alkyl halides is 1. The predicted molar refractivity (Wildman–Crippen MR) is 133 cm³/mol. The second-order valence-electron chi connectivity index (χ2n) is 8.58. The summed E-state index contributed by atoms with van der Waals surface area (Å²) in [6, 6.07) is 13.1. The minimum Gasteiger partial charge on any atom is -0.460 e. The molecule has 8 nitrogen and oxygen atoms in total. The Bertz CT molecular complexity index is 1380. The molecule has 0 bridgehead atoms. The predicted octanol–water partition coefficient (Wildman–Crippen LogP) is 4.40.